The molecule has 0 unspecified atom stereocenters. The van der Waals surface area contributed by atoms with Gasteiger partial charge in [0.15, 0.2) is 0 Å². The number of nitro groups is 1. The summed E-state index contributed by atoms with van der Waals surface area (Å²) in [6.45, 7) is 0. The zero-order valence-electron chi connectivity index (χ0n) is 14.2. The van der Waals surface area contributed by atoms with Crippen molar-refractivity contribution in [1.82, 2.24) is 0 Å². The molecule has 3 aromatic carbocycles. The SMILES string of the molecule is O=[N+]([O-])c1ccc(C=Nc2ccc(OS(=O)(=O)c3ccc(Cl)cc3)cc2)cc1. The molecular weight excluding hydrogens is 404 g/mol. The van der Waals surface area contributed by atoms with E-state index in [0.29, 0.717) is 16.3 Å². The number of non-ortho nitro benzene ring substituents is 1. The maximum atomic E-state index is 12.2. The van der Waals surface area contributed by atoms with Gasteiger partial charge in [-0.25, -0.2) is 0 Å². The number of aliphatic imine (C=N–C) groups is 1. The topological polar surface area (TPSA) is 98.9 Å². The predicted octanol–water partition coefficient (Wildman–Crippen LogP) is 4.77. The third kappa shape index (κ3) is 4.93. The number of rotatable bonds is 6. The predicted molar refractivity (Wildman–Crippen MR) is 106 cm³/mol. The third-order valence-corrected chi connectivity index (χ3v) is 5.12. The van der Waals surface area contributed by atoms with Gasteiger partial charge in [-0.3, -0.25) is 15.1 Å². The highest BCUT2D eigenvalue weighted by Gasteiger charge is 2.16. The quantitative estimate of drug-likeness (QED) is 0.249. The summed E-state index contributed by atoms with van der Waals surface area (Å²) in [5.41, 5.74) is 1.26. The van der Waals surface area contributed by atoms with Crippen LogP contribution in [-0.4, -0.2) is 19.6 Å². The van der Waals surface area contributed by atoms with Crippen LogP contribution in [0.2, 0.25) is 5.02 Å². The fourth-order valence-electron chi connectivity index (χ4n) is 2.19. The molecule has 0 amide bonds. The van der Waals surface area contributed by atoms with Crippen LogP contribution in [0.15, 0.2) is 82.7 Å². The normalized spacial score (nSPS) is 11.5. The Morgan fingerprint density at radius 3 is 2.11 bits per heavy atom. The maximum absolute atomic E-state index is 12.2. The summed E-state index contributed by atoms with van der Waals surface area (Å²) in [6, 6.07) is 17.7. The zero-order chi connectivity index (χ0) is 20.1. The molecule has 142 valence electrons. The van der Waals surface area contributed by atoms with Crippen LogP contribution in [0.4, 0.5) is 11.4 Å². The van der Waals surface area contributed by atoms with E-state index in [1.807, 2.05) is 0 Å². The molecule has 0 heterocycles. The van der Waals surface area contributed by atoms with Crippen molar-refractivity contribution in [1.29, 1.82) is 0 Å². The Kier molecular flexibility index (Phi) is 5.72. The van der Waals surface area contributed by atoms with Crippen molar-refractivity contribution < 1.29 is 17.5 Å². The van der Waals surface area contributed by atoms with Gasteiger partial charge in [-0.2, -0.15) is 8.42 Å². The van der Waals surface area contributed by atoms with Crippen LogP contribution in [0.5, 0.6) is 5.75 Å². The Labute approximate surface area is 166 Å². The van der Waals surface area contributed by atoms with Crippen molar-refractivity contribution >= 4 is 39.3 Å². The maximum Gasteiger partial charge on any atom is 0.339 e. The smallest absolute Gasteiger partial charge is 0.339 e. The fourth-order valence-corrected chi connectivity index (χ4v) is 3.25. The molecule has 0 saturated carbocycles. The Morgan fingerprint density at radius 1 is 0.929 bits per heavy atom. The lowest BCUT2D eigenvalue weighted by Crippen LogP contribution is -2.09. The zero-order valence-corrected chi connectivity index (χ0v) is 15.8. The summed E-state index contributed by atoms with van der Waals surface area (Å²) in [6.07, 6.45) is 1.55. The van der Waals surface area contributed by atoms with Gasteiger partial charge in [-0.1, -0.05) is 11.6 Å². The highest BCUT2D eigenvalue weighted by atomic mass is 35.5. The first-order valence-corrected chi connectivity index (χ1v) is 9.71. The van der Waals surface area contributed by atoms with Gasteiger partial charge in [0.2, 0.25) is 0 Å². The highest BCUT2D eigenvalue weighted by Crippen LogP contribution is 2.23. The van der Waals surface area contributed by atoms with Crippen molar-refractivity contribution in [2.45, 2.75) is 4.90 Å². The van der Waals surface area contributed by atoms with Crippen LogP contribution in [0.3, 0.4) is 0 Å². The molecule has 0 aliphatic heterocycles. The van der Waals surface area contributed by atoms with Gasteiger partial charge in [-0.05, 0) is 66.2 Å². The number of nitrogens with zero attached hydrogens (tertiary/aromatic N) is 2. The van der Waals surface area contributed by atoms with Gasteiger partial charge in [0.1, 0.15) is 10.6 Å². The third-order valence-electron chi connectivity index (χ3n) is 3.61. The molecule has 7 nitrogen and oxygen atoms in total. The minimum Gasteiger partial charge on any atom is -0.379 e. The van der Waals surface area contributed by atoms with E-state index in [-0.39, 0.29) is 16.3 Å². The first-order chi connectivity index (χ1) is 13.3. The summed E-state index contributed by atoms with van der Waals surface area (Å²) in [4.78, 5) is 14.4. The Balaban J connectivity index is 1.69. The van der Waals surface area contributed by atoms with E-state index >= 15 is 0 Å². The van der Waals surface area contributed by atoms with Crippen molar-refractivity contribution in [3.8, 4) is 5.75 Å². The molecule has 0 aliphatic rings. The number of hydrogen-bond acceptors (Lipinski definition) is 6. The first kappa shape index (κ1) is 19.5. The van der Waals surface area contributed by atoms with E-state index in [9.17, 15) is 18.5 Å². The lowest BCUT2D eigenvalue weighted by molar-refractivity contribution is -0.384. The summed E-state index contributed by atoms with van der Waals surface area (Å²) < 4.78 is 29.6. The van der Waals surface area contributed by atoms with Crippen LogP contribution in [0.25, 0.3) is 0 Å². The van der Waals surface area contributed by atoms with Crippen LogP contribution in [0.1, 0.15) is 5.56 Å². The Bertz CT molecular complexity index is 1110. The molecule has 0 spiro atoms. The molecule has 3 rings (SSSR count). The number of hydrogen-bond donors (Lipinski definition) is 0. The van der Waals surface area contributed by atoms with E-state index in [2.05, 4.69) is 4.99 Å². The average Bonchev–Trinajstić information content (AvgIpc) is 2.68. The van der Waals surface area contributed by atoms with Gasteiger partial charge in [0.25, 0.3) is 5.69 Å². The number of halogens is 1. The van der Waals surface area contributed by atoms with Crippen molar-refractivity contribution in [3.05, 3.63) is 93.5 Å². The van der Waals surface area contributed by atoms with Gasteiger partial charge >= 0.3 is 10.1 Å². The van der Waals surface area contributed by atoms with Crippen molar-refractivity contribution in [3.63, 3.8) is 0 Å². The van der Waals surface area contributed by atoms with Gasteiger partial charge in [0.05, 0.1) is 10.6 Å². The Morgan fingerprint density at radius 2 is 1.54 bits per heavy atom. The number of benzene rings is 3. The second kappa shape index (κ2) is 8.20. The second-order valence-electron chi connectivity index (χ2n) is 5.59. The van der Waals surface area contributed by atoms with Gasteiger partial charge < -0.3 is 4.18 Å². The summed E-state index contributed by atoms with van der Waals surface area (Å²) >= 11 is 5.76. The first-order valence-electron chi connectivity index (χ1n) is 7.92. The molecule has 0 aliphatic carbocycles. The molecule has 0 saturated heterocycles. The van der Waals surface area contributed by atoms with E-state index in [1.165, 1.54) is 48.5 Å². The van der Waals surface area contributed by atoms with Crippen molar-refractivity contribution in [2.24, 2.45) is 4.99 Å². The van der Waals surface area contributed by atoms with E-state index in [0.717, 1.165) is 0 Å². The standard InChI is InChI=1S/C19H13ClN2O5S/c20-15-3-11-19(12-4-15)28(25,26)27-18-9-5-16(6-10-18)21-13-14-1-7-17(8-2-14)22(23)24/h1-13H. The largest absolute Gasteiger partial charge is 0.379 e. The monoisotopic (exact) mass is 416 g/mol. The molecule has 0 N–H and O–H groups in total. The molecule has 28 heavy (non-hydrogen) atoms. The van der Waals surface area contributed by atoms with Crippen LogP contribution in [-0.2, 0) is 10.1 Å². The van der Waals surface area contributed by atoms with E-state index in [1.54, 1.807) is 30.5 Å². The van der Waals surface area contributed by atoms with Gasteiger partial charge in [-0.15, -0.1) is 0 Å². The van der Waals surface area contributed by atoms with Crippen LogP contribution in [0, 0.1) is 10.1 Å². The summed E-state index contributed by atoms with van der Waals surface area (Å²) in [5.74, 6) is 0.143. The molecule has 0 aromatic heterocycles. The molecule has 3 aromatic rings. The lowest BCUT2D eigenvalue weighted by atomic mass is 10.2. The number of nitro benzene ring substituents is 1. The molecular formula is C19H13ClN2O5S. The van der Waals surface area contributed by atoms with E-state index < -0.39 is 15.0 Å². The fraction of sp³-hybridized carbons (Fsp3) is 0. The average molecular weight is 417 g/mol. The van der Waals surface area contributed by atoms with Gasteiger partial charge in [0, 0.05) is 23.4 Å². The molecule has 0 radical (unpaired) electrons. The minimum absolute atomic E-state index is 0.000508. The van der Waals surface area contributed by atoms with Crippen LogP contribution < -0.4 is 4.18 Å². The summed E-state index contributed by atoms with van der Waals surface area (Å²) in [5, 5.41) is 11.1. The lowest BCUT2D eigenvalue weighted by Gasteiger charge is -2.07. The molecule has 0 atom stereocenters. The van der Waals surface area contributed by atoms with Crippen molar-refractivity contribution in [2.75, 3.05) is 0 Å². The molecule has 0 bridgehead atoms. The summed E-state index contributed by atoms with van der Waals surface area (Å²) in [7, 11) is -3.96. The molecule has 9 heteroatoms. The Hall–Kier alpha value is -3.23. The minimum atomic E-state index is -3.96. The van der Waals surface area contributed by atoms with Crippen LogP contribution >= 0.6 is 11.6 Å². The highest BCUT2D eigenvalue weighted by molar-refractivity contribution is 7.87. The molecule has 0 fully saturated rings. The second-order valence-corrected chi connectivity index (χ2v) is 7.57. The van der Waals surface area contributed by atoms with E-state index in [4.69, 9.17) is 15.8 Å².